The Morgan fingerprint density at radius 3 is 2.39 bits per heavy atom. The number of nitrogens with zero attached hydrogens (tertiary/aromatic N) is 1. The van der Waals surface area contributed by atoms with Gasteiger partial charge in [0.2, 0.25) is 0 Å². The summed E-state index contributed by atoms with van der Waals surface area (Å²) < 4.78 is 17.2. The van der Waals surface area contributed by atoms with Crippen LogP contribution in [0.1, 0.15) is 16.7 Å². The quantitative estimate of drug-likeness (QED) is 0.364. The van der Waals surface area contributed by atoms with E-state index in [1.165, 1.54) is 5.56 Å². The average Bonchev–Trinajstić information content (AvgIpc) is 2.82. The Balaban J connectivity index is 1.73. The summed E-state index contributed by atoms with van der Waals surface area (Å²) in [6.07, 6.45) is 2.87. The molecule has 3 aromatic rings. The minimum atomic E-state index is 0.499. The van der Waals surface area contributed by atoms with Crippen molar-refractivity contribution >= 4 is 0 Å². The lowest BCUT2D eigenvalue weighted by molar-refractivity contribution is 0.262. The molecule has 0 amide bonds. The highest BCUT2D eigenvalue weighted by Gasteiger charge is 2.14. The van der Waals surface area contributed by atoms with Crippen molar-refractivity contribution in [3.05, 3.63) is 102 Å². The molecule has 0 heterocycles. The number of rotatable bonds is 12. The molecule has 31 heavy (non-hydrogen) atoms. The van der Waals surface area contributed by atoms with Crippen molar-refractivity contribution in [2.75, 3.05) is 27.3 Å². The van der Waals surface area contributed by atoms with Crippen molar-refractivity contribution in [3.8, 4) is 17.2 Å². The Bertz CT molecular complexity index is 956. The third-order valence-electron chi connectivity index (χ3n) is 5.14. The maximum atomic E-state index is 6.22. The molecule has 0 aliphatic carbocycles. The molecule has 4 nitrogen and oxygen atoms in total. The van der Waals surface area contributed by atoms with E-state index in [0.29, 0.717) is 6.61 Å². The molecule has 0 radical (unpaired) electrons. The summed E-state index contributed by atoms with van der Waals surface area (Å²) in [5.74, 6) is 2.43. The van der Waals surface area contributed by atoms with Crippen molar-refractivity contribution in [2.45, 2.75) is 19.6 Å². The van der Waals surface area contributed by atoms with Crippen LogP contribution < -0.4 is 14.2 Å². The minimum Gasteiger partial charge on any atom is -0.497 e. The number of hydrogen-bond acceptors (Lipinski definition) is 4. The van der Waals surface area contributed by atoms with Gasteiger partial charge in [0.25, 0.3) is 0 Å². The molecule has 0 aliphatic heterocycles. The number of methoxy groups -OCH3 is 2. The van der Waals surface area contributed by atoms with E-state index in [4.69, 9.17) is 14.2 Å². The van der Waals surface area contributed by atoms with Crippen LogP contribution in [0.25, 0.3) is 0 Å². The summed E-state index contributed by atoms with van der Waals surface area (Å²) in [6, 6.07) is 24.5. The zero-order chi connectivity index (χ0) is 21.9. The third kappa shape index (κ3) is 6.63. The lowest BCUT2D eigenvalue weighted by Crippen LogP contribution is -2.26. The number of ether oxygens (including phenoxy) is 3. The lowest BCUT2D eigenvalue weighted by atomic mass is 10.1. The molecule has 0 spiro atoms. The van der Waals surface area contributed by atoms with E-state index in [2.05, 4.69) is 41.8 Å². The standard InChI is InChI=1S/C27H31NO3/c1-4-17-28(18-16-22-12-8-14-25(19-22)29-2)20-24-13-9-15-26(30-3)27(24)31-21-23-10-6-5-7-11-23/h4-15,19H,1,16-18,20-21H2,2-3H3. The normalized spacial score (nSPS) is 10.7. The minimum absolute atomic E-state index is 0.499. The van der Waals surface area contributed by atoms with Crippen LogP contribution in [0.2, 0.25) is 0 Å². The van der Waals surface area contributed by atoms with Gasteiger partial charge >= 0.3 is 0 Å². The van der Waals surface area contributed by atoms with Crippen LogP contribution in [0.5, 0.6) is 17.2 Å². The fourth-order valence-corrected chi connectivity index (χ4v) is 3.51. The van der Waals surface area contributed by atoms with E-state index in [-0.39, 0.29) is 0 Å². The van der Waals surface area contributed by atoms with Gasteiger partial charge in [0.1, 0.15) is 12.4 Å². The second-order valence-corrected chi connectivity index (χ2v) is 7.35. The van der Waals surface area contributed by atoms with Crippen molar-refractivity contribution in [1.29, 1.82) is 0 Å². The number of para-hydroxylation sites is 1. The first kappa shape index (κ1) is 22.4. The largest absolute Gasteiger partial charge is 0.497 e. The first-order valence-electron chi connectivity index (χ1n) is 10.5. The Morgan fingerprint density at radius 2 is 1.65 bits per heavy atom. The molecule has 0 bridgehead atoms. The Kier molecular flexibility index (Phi) is 8.56. The van der Waals surface area contributed by atoms with Gasteiger partial charge < -0.3 is 14.2 Å². The van der Waals surface area contributed by atoms with Gasteiger partial charge in [-0.3, -0.25) is 4.90 Å². The summed E-state index contributed by atoms with van der Waals surface area (Å²) in [7, 11) is 3.38. The van der Waals surface area contributed by atoms with Gasteiger partial charge in [-0.2, -0.15) is 0 Å². The molecular weight excluding hydrogens is 386 g/mol. The summed E-state index contributed by atoms with van der Waals surface area (Å²) >= 11 is 0. The maximum Gasteiger partial charge on any atom is 0.166 e. The van der Waals surface area contributed by atoms with Crippen LogP contribution in [-0.2, 0) is 19.6 Å². The number of benzene rings is 3. The highest BCUT2D eigenvalue weighted by molar-refractivity contribution is 5.46. The highest BCUT2D eigenvalue weighted by Crippen LogP contribution is 2.32. The molecule has 4 heteroatoms. The maximum absolute atomic E-state index is 6.22. The van der Waals surface area contributed by atoms with Gasteiger partial charge in [0.05, 0.1) is 14.2 Å². The predicted molar refractivity (Wildman–Crippen MR) is 126 cm³/mol. The molecule has 0 fully saturated rings. The van der Waals surface area contributed by atoms with Crippen LogP contribution in [0.3, 0.4) is 0 Å². The Hall–Kier alpha value is -3.24. The van der Waals surface area contributed by atoms with Crippen LogP contribution >= 0.6 is 0 Å². The van der Waals surface area contributed by atoms with E-state index in [1.54, 1.807) is 14.2 Å². The molecule has 0 N–H and O–H groups in total. The highest BCUT2D eigenvalue weighted by atomic mass is 16.5. The first-order chi connectivity index (χ1) is 15.2. The third-order valence-corrected chi connectivity index (χ3v) is 5.14. The van der Waals surface area contributed by atoms with Crippen LogP contribution in [0.4, 0.5) is 0 Å². The van der Waals surface area contributed by atoms with Crippen LogP contribution in [0.15, 0.2) is 85.5 Å². The fraction of sp³-hybridized carbons (Fsp3) is 0.259. The van der Waals surface area contributed by atoms with Crippen LogP contribution in [-0.4, -0.2) is 32.2 Å². The summed E-state index contributed by atoms with van der Waals surface area (Å²) in [6.45, 7) is 6.87. The fourth-order valence-electron chi connectivity index (χ4n) is 3.51. The van der Waals surface area contributed by atoms with Crippen molar-refractivity contribution in [2.24, 2.45) is 0 Å². The summed E-state index contributed by atoms with van der Waals surface area (Å²) in [4.78, 5) is 2.36. The molecule has 0 saturated carbocycles. The molecular formula is C27H31NO3. The second-order valence-electron chi connectivity index (χ2n) is 7.35. The first-order valence-corrected chi connectivity index (χ1v) is 10.5. The van der Waals surface area contributed by atoms with Crippen molar-refractivity contribution < 1.29 is 14.2 Å². The monoisotopic (exact) mass is 417 g/mol. The van der Waals surface area contributed by atoms with Crippen molar-refractivity contribution in [1.82, 2.24) is 4.90 Å². The van der Waals surface area contributed by atoms with E-state index >= 15 is 0 Å². The molecule has 162 valence electrons. The van der Waals surface area contributed by atoms with Gasteiger partial charge in [-0.25, -0.2) is 0 Å². The summed E-state index contributed by atoms with van der Waals surface area (Å²) in [5.41, 5.74) is 3.47. The Labute approximate surface area is 185 Å². The van der Waals surface area contributed by atoms with Gasteiger partial charge in [0.15, 0.2) is 11.5 Å². The molecule has 0 aliphatic rings. The van der Waals surface area contributed by atoms with Crippen LogP contribution in [0, 0.1) is 0 Å². The van der Waals surface area contributed by atoms with E-state index in [0.717, 1.165) is 54.4 Å². The molecule has 0 unspecified atom stereocenters. The van der Waals surface area contributed by atoms with Crippen molar-refractivity contribution in [3.63, 3.8) is 0 Å². The Morgan fingerprint density at radius 1 is 0.871 bits per heavy atom. The van der Waals surface area contributed by atoms with Gasteiger partial charge in [-0.1, -0.05) is 60.7 Å². The van der Waals surface area contributed by atoms with E-state index in [9.17, 15) is 0 Å². The number of hydrogen-bond donors (Lipinski definition) is 0. The summed E-state index contributed by atoms with van der Waals surface area (Å²) in [5, 5.41) is 0. The zero-order valence-corrected chi connectivity index (χ0v) is 18.4. The molecule has 0 aromatic heterocycles. The average molecular weight is 418 g/mol. The van der Waals surface area contributed by atoms with E-state index in [1.807, 2.05) is 48.5 Å². The van der Waals surface area contributed by atoms with Gasteiger partial charge in [0, 0.05) is 25.2 Å². The topological polar surface area (TPSA) is 30.9 Å². The SMILES string of the molecule is C=CCN(CCc1cccc(OC)c1)Cc1cccc(OC)c1OCc1ccccc1. The van der Waals surface area contributed by atoms with Gasteiger partial charge in [-0.05, 0) is 35.7 Å². The molecule has 3 aromatic carbocycles. The smallest absolute Gasteiger partial charge is 0.166 e. The predicted octanol–water partition coefficient (Wildman–Crippen LogP) is 5.51. The lowest BCUT2D eigenvalue weighted by Gasteiger charge is -2.23. The molecule has 3 rings (SSSR count). The molecule has 0 atom stereocenters. The molecule has 0 saturated heterocycles. The van der Waals surface area contributed by atoms with Gasteiger partial charge in [-0.15, -0.1) is 6.58 Å². The second kappa shape index (κ2) is 11.8. The van der Waals surface area contributed by atoms with E-state index < -0.39 is 0 Å². The zero-order valence-electron chi connectivity index (χ0n) is 18.4.